The Morgan fingerprint density at radius 3 is 2.80 bits per heavy atom. The molecule has 1 aliphatic heterocycles. The van der Waals surface area contributed by atoms with Crippen molar-refractivity contribution in [3.05, 3.63) is 65.3 Å². The van der Waals surface area contributed by atoms with Gasteiger partial charge in [-0.05, 0) is 50.1 Å². The lowest BCUT2D eigenvalue weighted by atomic mass is 10.0. The number of halogens is 3. The van der Waals surface area contributed by atoms with Crippen molar-refractivity contribution < 1.29 is 13.5 Å². The zero-order valence-corrected chi connectivity index (χ0v) is 17.0. The van der Waals surface area contributed by atoms with Gasteiger partial charge < -0.3 is 9.30 Å². The normalized spacial score (nSPS) is 20.1. The van der Waals surface area contributed by atoms with Crippen LogP contribution in [0.5, 0.6) is 0 Å². The Bertz CT molecular complexity index is 1230. The summed E-state index contributed by atoms with van der Waals surface area (Å²) in [4.78, 5) is 12.7. The molecule has 1 aliphatic rings. The average molecular weight is 429 g/mol. The van der Waals surface area contributed by atoms with Gasteiger partial charge in [0.1, 0.15) is 11.2 Å². The number of alkyl halides is 2. The number of pyridine rings is 2. The smallest absolute Gasteiger partial charge is 0.346 e. The highest BCUT2D eigenvalue weighted by Gasteiger charge is 2.43. The van der Waals surface area contributed by atoms with Crippen LogP contribution in [0, 0.1) is 0 Å². The third-order valence-electron chi connectivity index (χ3n) is 5.57. The Kier molecular flexibility index (Phi) is 4.67. The first kappa shape index (κ1) is 19.3. The van der Waals surface area contributed by atoms with E-state index in [-0.39, 0.29) is 23.7 Å². The zero-order chi connectivity index (χ0) is 20.9. The van der Waals surface area contributed by atoms with Gasteiger partial charge in [0.2, 0.25) is 0 Å². The number of rotatable bonds is 3. The molecule has 8 heteroatoms. The molecule has 1 fully saturated rings. The minimum Gasteiger partial charge on any atom is -0.378 e. The first-order valence-electron chi connectivity index (χ1n) is 9.83. The van der Waals surface area contributed by atoms with Crippen molar-refractivity contribution in [1.82, 2.24) is 19.5 Å². The van der Waals surface area contributed by atoms with E-state index in [1.807, 2.05) is 6.92 Å². The molecule has 0 N–H and O–H groups in total. The molecule has 0 spiro atoms. The molecule has 2 atom stereocenters. The van der Waals surface area contributed by atoms with Gasteiger partial charge in [-0.15, -0.1) is 0 Å². The number of fused-ring (bicyclic) bond motifs is 3. The first-order chi connectivity index (χ1) is 14.4. The third-order valence-corrected chi connectivity index (χ3v) is 5.80. The molecule has 1 aromatic carbocycles. The largest absolute Gasteiger partial charge is 0.378 e. The Morgan fingerprint density at radius 1 is 1.17 bits per heavy atom. The quantitative estimate of drug-likeness (QED) is 0.431. The molecule has 1 unspecified atom stereocenters. The number of imidazole rings is 1. The van der Waals surface area contributed by atoms with Crippen molar-refractivity contribution >= 4 is 33.5 Å². The van der Waals surface area contributed by atoms with Gasteiger partial charge in [0, 0.05) is 29.3 Å². The molecule has 0 amide bonds. The Morgan fingerprint density at radius 2 is 2.03 bits per heavy atom. The fourth-order valence-corrected chi connectivity index (χ4v) is 4.37. The Balaban J connectivity index is 1.83. The van der Waals surface area contributed by atoms with Gasteiger partial charge in [-0.2, -0.15) is 8.78 Å². The predicted molar refractivity (Wildman–Crippen MR) is 111 cm³/mol. The number of aromatic nitrogens is 4. The Hall–Kier alpha value is -2.64. The standard InChI is InChI=1S/C22H19ClF2N4O/c1-13-10-15(7-9-30-13)29-20-16-11-14(23)5-6-17(16)27-12-18(20)28-21(29)22(24,25)19-4-2-3-8-26-19/h2-6,8,11-13,15H,7,9-10H2,1H3/t13-,15?/m1/s1. The average Bonchev–Trinajstić information content (AvgIpc) is 3.15. The lowest BCUT2D eigenvalue weighted by Gasteiger charge is -2.31. The lowest BCUT2D eigenvalue weighted by molar-refractivity contribution is -0.00559. The van der Waals surface area contributed by atoms with Crippen molar-refractivity contribution in [2.24, 2.45) is 0 Å². The van der Waals surface area contributed by atoms with Gasteiger partial charge in [0.15, 0.2) is 5.82 Å². The monoisotopic (exact) mass is 428 g/mol. The highest BCUT2D eigenvalue weighted by atomic mass is 35.5. The second-order valence-electron chi connectivity index (χ2n) is 7.61. The van der Waals surface area contributed by atoms with E-state index in [1.165, 1.54) is 12.3 Å². The number of nitrogens with zero attached hydrogens (tertiary/aromatic N) is 4. The van der Waals surface area contributed by atoms with Gasteiger partial charge in [-0.3, -0.25) is 9.97 Å². The minimum absolute atomic E-state index is 0.0331. The van der Waals surface area contributed by atoms with Crippen LogP contribution < -0.4 is 0 Å². The molecule has 5 nitrogen and oxygen atoms in total. The molecule has 30 heavy (non-hydrogen) atoms. The van der Waals surface area contributed by atoms with Crippen LogP contribution in [0.2, 0.25) is 5.02 Å². The van der Waals surface area contributed by atoms with E-state index in [4.69, 9.17) is 16.3 Å². The maximum atomic E-state index is 15.7. The Labute approximate surface area is 176 Å². The van der Waals surface area contributed by atoms with E-state index >= 15 is 8.78 Å². The lowest BCUT2D eigenvalue weighted by Crippen LogP contribution is -2.30. The highest BCUT2D eigenvalue weighted by molar-refractivity contribution is 6.31. The second-order valence-corrected chi connectivity index (χ2v) is 8.04. The SMILES string of the molecule is C[C@@H]1CC(n2c(C(F)(F)c3ccccn3)nc3cnc4ccc(Cl)cc4c32)CCO1. The van der Waals surface area contributed by atoms with Gasteiger partial charge >= 0.3 is 5.92 Å². The number of benzene rings is 1. The fraction of sp³-hybridized carbons (Fsp3) is 0.318. The maximum Gasteiger partial charge on any atom is 0.346 e. The van der Waals surface area contributed by atoms with Crippen molar-refractivity contribution in [3.63, 3.8) is 0 Å². The van der Waals surface area contributed by atoms with Crippen molar-refractivity contribution in [2.75, 3.05) is 6.61 Å². The summed E-state index contributed by atoms with van der Waals surface area (Å²) in [6.45, 7) is 2.46. The molecule has 0 bridgehead atoms. The van der Waals surface area contributed by atoms with E-state index in [0.29, 0.717) is 46.4 Å². The van der Waals surface area contributed by atoms with Crippen LogP contribution in [-0.4, -0.2) is 32.2 Å². The summed E-state index contributed by atoms with van der Waals surface area (Å²) in [6, 6.07) is 9.59. The van der Waals surface area contributed by atoms with E-state index in [2.05, 4.69) is 15.0 Å². The molecule has 0 aliphatic carbocycles. The van der Waals surface area contributed by atoms with Crippen LogP contribution in [0.1, 0.15) is 37.3 Å². The summed E-state index contributed by atoms with van der Waals surface area (Å²) >= 11 is 6.24. The summed E-state index contributed by atoms with van der Waals surface area (Å²) in [5, 5.41) is 1.22. The number of hydrogen-bond acceptors (Lipinski definition) is 4. The first-order valence-corrected chi connectivity index (χ1v) is 10.2. The van der Waals surface area contributed by atoms with Gasteiger partial charge in [0.05, 0.1) is 23.3 Å². The summed E-state index contributed by atoms with van der Waals surface area (Å²) in [6.07, 6.45) is 4.10. The number of hydrogen-bond donors (Lipinski definition) is 0. The van der Waals surface area contributed by atoms with Crippen molar-refractivity contribution in [2.45, 2.75) is 37.8 Å². The van der Waals surface area contributed by atoms with E-state index in [1.54, 1.807) is 41.1 Å². The zero-order valence-electron chi connectivity index (χ0n) is 16.2. The molecular weight excluding hydrogens is 410 g/mol. The predicted octanol–water partition coefficient (Wildman–Crippen LogP) is 5.51. The summed E-state index contributed by atoms with van der Waals surface area (Å²) in [5.41, 5.74) is 1.37. The summed E-state index contributed by atoms with van der Waals surface area (Å²) < 4.78 is 38.7. The van der Waals surface area contributed by atoms with Gasteiger partial charge in [0.25, 0.3) is 0 Å². The van der Waals surface area contributed by atoms with E-state index < -0.39 is 5.92 Å². The molecule has 0 radical (unpaired) electrons. The second kappa shape index (κ2) is 7.25. The van der Waals surface area contributed by atoms with E-state index in [0.717, 1.165) is 0 Å². The van der Waals surface area contributed by atoms with Crippen LogP contribution >= 0.6 is 11.6 Å². The molecule has 4 aromatic rings. The van der Waals surface area contributed by atoms with Crippen molar-refractivity contribution in [3.8, 4) is 0 Å². The molecule has 1 saturated heterocycles. The van der Waals surface area contributed by atoms with Crippen LogP contribution in [0.3, 0.4) is 0 Å². The van der Waals surface area contributed by atoms with Gasteiger partial charge in [-0.1, -0.05) is 17.7 Å². The summed E-state index contributed by atoms with van der Waals surface area (Å²) in [5.74, 6) is -3.70. The topological polar surface area (TPSA) is 52.8 Å². The van der Waals surface area contributed by atoms with Crippen LogP contribution in [0.25, 0.3) is 21.9 Å². The molecule has 3 aromatic heterocycles. The highest BCUT2D eigenvalue weighted by Crippen LogP contribution is 2.41. The van der Waals surface area contributed by atoms with E-state index in [9.17, 15) is 0 Å². The molecule has 5 rings (SSSR count). The van der Waals surface area contributed by atoms with Crippen LogP contribution in [-0.2, 0) is 10.7 Å². The fourth-order valence-electron chi connectivity index (χ4n) is 4.20. The molecule has 154 valence electrons. The minimum atomic E-state index is -3.37. The number of ether oxygens (including phenoxy) is 1. The maximum absolute atomic E-state index is 15.7. The molecule has 0 saturated carbocycles. The van der Waals surface area contributed by atoms with Crippen molar-refractivity contribution in [1.29, 1.82) is 0 Å². The summed E-state index contributed by atoms with van der Waals surface area (Å²) in [7, 11) is 0. The third kappa shape index (κ3) is 3.13. The van der Waals surface area contributed by atoms with Gasteiger partial charge in [-0.25, -0.2) is 4.98 Å². The molecule has 4 heterocycles. The van der Waals surface area contributed by atoms with Crippen LogP contribution in [0.4, 0.5) is 8.78 Å². The van der Waals surface area contributed by atoms with Crippen LogP contribution in [0.15, 0.2) is 48.8 Å². The molecular formula is C22H19ClF2N4O.